The predicted octanol–water partition coefficient (Wildman–Crippen LogP) is 4.36. The molecule has 2 aliphatic heterocycles. The highest BCUT2D eigenvalue weighted by Crippen LogP contribution is 2.89. The summed E-state index contributed by atoms with van der Waals surface area (Å²) < 4.78 is 18.3. The molecular weight excluding hydrogens is 584 g/mol. The standard InChI is InChI=1S/C37H62N2O7/c1-22-20-23(29(40)33(4,5)43)45-28-27(22)34(6)12-13-37-21-36(37)11-10-26(46-31(42)38-14-15-39-16-18-44-19-17-39)32(2,3)24(36)8-9-25(37)35(34,7)30(28)41/h22-30,40-41,43H,8-21H2,1-7H3,(H,38,42)/t22-,23?,24+,25?,26?,27+,28?,29+,30+,34-,35-,36-,37+/m1/s1. The molecule has 0 radical (unpaired) electrons. The maximum Gasteiger partial charge on any atom is 0.407 e. The number of hydrogen-bond donors (Lipinski definition) is 4. The van der Waals surface area contributed by atoms with Crippen LogP contribution in [-0.2, 0) is 14.2 Å². The third-order valence-electron chi connectivity index (χ3n) is 15.9. The lowest BCUT2D eigenvalue weighted by molar-refractivity contribution is -0.202. The molecule has 5 saturated carbocycles. The first-order valence-electron chi connectivity index (χ1n) is 18.5. The summed E-state index contributed by atoms with van der Waals surface area (Å²) in [5.41, 5.74) is -1.25. The molecule has 9 heteroatoms. The molecule has 262 valence electrons. The van der Waals surface area contributed by atoms with Gasteiger partial charge in [-0.15, -0.1) is 0 Å². The van der Waals surface area contributed by atoms with Crippen LogP contribution < -0.4 is 5.32 Å². The van der Waals surface area contributed by atoms with E-state index in [2.05, 4.69) is 44.8 Å². The summed E-state index contributed by atoms with van der Waals surface area (Å²) in [6, 6.07) is 0. The lowest BCUT2D eigenvalue weighted by atomic mass is 9.41. The maximum absolute atomic E-state index is 13.0. The molecular formula is C37H62N2O7. The van der Waals surface area contributed by atoms with E-state index in [0.717, 1.165) is 65.0 Å². The van der Waals surface area contributed by atoms with Crippen LogP contribution in [0.4, 0.5) is 4.79 Å². The number of carbonyl (C=O) groups is 1. The molecule has 7 fully saturated rings. The van der Waals surface area contributed by atoms with Gasteiger partial charge >= 0.3 is 6.09 Å². The average Bonchev–Trinajstić information content (AvgIpc) is 3.63. The van der Waals surface area contributed by atoms with Crippen LogP contribution in [-0.4, -0.2) is 102 Å². The predicted molar refractivity (Wildman–Crippen MR) is 174 cm³/mol. The molecule has 0 bridgehead atoms. The number of fused-ring (bicyclic) bond motifs is 4. The van der Waals surface area contributed by atoms with Crippen LogP contribution in [0.25, 0.3) is 0 Å². The fourth-order valence-electron chi connectivity index (χ4n) is 13.5. The number of carbonyl (C=O) groups excluding carboxylic acids is 1. The van der Waals surface area contributed by atoms with Crippen molar-refractivity contribution in [2.45, 2.75) is 136 Å². The van der Waals surface area contributed by atoms with E-state index >= 15 is 0 Å². The summed E-state index contributed by atoms with van der Waals surface area (Å²) in [6.07, 6.45) is 5.58. The zero-order valence-electron chi connectivity index (χ0n) is 29.5. The Balaban J connectivity index is 1.07. The van der Waals surface area contributed by atoms with Crippen LogP contribution in [0, 0.1) is 50.7 Å². The number of hydrogen-bond acceptors (Lipinski definition) is 8. The maximum atomic E-state index is 13.0. The van der Waals surface area contributed by atoms with Crippen LogP contribution in [0.1, 0.15) is 99.8 Å². The number of amides is 1. The molecule has 2 heterocycles. The van der Waals surface area contributed by atoms with E-state index in [4.69, 9.17) is 14.2 Å². The van der Waals surface area contributed by atoms with Crippen molar-refractivity contribution in [3.63, 3.8) is 0 Å². The van der Waals surface area contributed by atoms with E-state index in [1.807, 2.05) is 0 Å². The van der Waals surface area contributed by atoms with Crippen LogP contribution in [0.15, 0.2) is 0 Å². The summed E-state index contributed by atoms with van der Waals surface area (Å²) in [5, 5.41) is 37.0. The van der Waals surface area contributed by atoms with Gasteiger partial charge in [-0.05, 0) is 105 Å². The molecule has 2 saturated heterocycles. The molecule has 5 aliphatic carbocycles. The average molecular weight is 647 g/mol. The van der Waals surface area contributed by atoms with E-state index < -0.39 is 23.9 Å². The minimum Gasteiger partial charge on any atom is -0.446 e. The van der Waals surface area contributed by atoms with Gasteiger partial charge in [-0.3, -0.25) is 4.90 Å². The zero-order chi connectivity index (χ0) is 33.1. The Morgan fingerprint density at radius 2 is 1.72 bits per heavy atom. The quantitative estimate of drug-likeness (QED) is 0.336. The van der Waals surface area contributed by atoms with E-state index in [-0.39, 0.29) is 57.2 Å². The zero-order valence-corrected chi connectivity index (χ0v) is 29.5. The van der Waals surface area contributed by atoms with Crippen molar-refractivity contribution in [1.29, 1.82) is 0 Å². The molecule has 13 atom stereocenters. The number of ether oxygens (including phenoxy) is 3. The molecule has 7 rings (SSSR count). The Morgan fingerprint density at radius 1 is 1.04 bits per heavy atom. The third kappa shape index (κ3) is 4.57. The minimum absolute atomic E-state index is 0.0527. The van der Waals surface area contributed by atoms with Crippen molar-refractivity contribution in [2.24, 2.45) is 50.7 Å². The molecule has 0 aromatic carbocycles. The first-order chi connectivity index (χ1) is 21.5. The van der Waals surface area contributed by atoms with Crippen molar-refractivity contribution in [2.75, 3.05) is 39.4 Å². The molecule has 0 aromatic rings. The number of morpholine rings is 1. The molecule has 0 aromatic heterocycles. The summed E-state index contributed by atoms with van der Waals surface area (Å²) >= 11 is 0. The SMILES string of the molecule is C[C@@H]1CC([C@H](O)C(C)(C)O)OC2[C@H]1[C@@]1(C)CC[C@@]34C[C@@]35CCC(OC(=O)NCCN3CCOCC3)C(C)(C)[C@@H]5CCC4[C@]1(C)[C@H]2O. The Morgan fingerprint density at radius 3 is 2.41 bits per heavy atom. The normalized spacial score (nSPS) is 50.2. The van der Waals surface area contributed by atoms with Crippen molar-refractivity contribution in [1.82, 2.24) is 10.2 Å². The molecule has 7 aliphatic rings. The largest absolute Gasteiger partial charge is 0.446 e. The summed E-state index contributed by atoms with van der Waals surface area (Å²) in [6.45, 7) is 19.8. The Kier molecular flexibility index (Phi) is 8.03. The number of rotatable bonds is 6. The Labute approximate surface area is 276 Å². The number of aliphatic hydroxyl groups is 3. The number of nitrogens with zero attached hydrogens (tertiary/aromatic N) is 1. The topological polar surface area (TPSA) is 121 Å². The summed E-state index contributed by atoms with van der Waals surface area (Å²) in [7, 11) is 0. The fourth-order valence-corrected chi connectivity index (χ4v) is 13.5. The first kappa shape index (κ1) is 33.5. The van der Waals surface area contributed by atoms with Crippen molar-refractivity contribution >= 4 is 6.09 Å². The first-order valence-corrected chi connectivity index (χ1v) is 18.5. The van der Waals surface area contributed by atoms with Crippen LogP contribution >= 0.6 is 0 Å². The highest BCUT2D eigenvalue weighted by molar-refractivity contribution is 5.67. The van der Waals surface area contributed by atoms with Gasteiger partial charge in [-0.2, -0.15) is 0 Å². The second-order valence-corrected chi connectivity index (χ2v) is 18.4. The minimum atomic E-state index is -1.26. The van der Waals surface area contributed by atoms with Crippen LogP contribution in [0.5, 0.6) is 0 Å². The molecule has 1 amide bonds. The third-order valence-corrected chi connectivity index (χ3v) is 15.9. The second-order valence-electron chi connectivity index (χ2n) is 18.4. The number of alkyl carbamates (subject to hydrolysis) is 1. The summed E-state index contributed by atoms with van der Waals surface area (Å²) in [4.78, 5) is 15.3. The lowest BCUT2D eigenvalue weighted by Crippen LogP contribution is -2.60. The van der Waals surface area contributed by atoms with Gasteiger partial charge in [0.15, 0.2) is 0 Å². The van der Waals surface area contributed by atoms with Gasteiger partial charge in [0.05, 0.1) is 37.1 Å². The van der Waals surface area contributed by atoms with Gasteiger partial charge < -0.3 is 34.8 Å². The van der Waals surface area contributed by atoms with E-state index in [1.165, 1.54) is 12.8 Å². The van der Waals surface area contributed by atoms with E-state index in [1.54, 1.807) is 13.8 Å². The van der Waals surface area contributed by atoms with Crippen molar-refractivity contribution < 1.29 is 34.3 Å². The fraction of sp³-hybridized carbons (Fsp3) is 0.973. The Bertz CT molecular complexity index is 1180. The molecule has 2 spiro atoms. The van der Waals surface area contributed by atoms with Crippen LogP contribution in [0.2, 0.25) is 0 Å². The number of nitrogens with one attached hydrogen (secondary N) is 1. The van der Waals surface area contributed by atoms with Gasteiger partial charge in [-0.25, -0.2) is 4.79 Å². The monoisotopic (exact) mass is 646 g/mol. The molecule has 4 N–H and O–H groups in total. The van der Waals surface area contributed by atoms with E-state index in [9.17, 15) is 20.1 Å². The van der Waals surface area contributed by atoms with Gasteiger partial charge in [-0.1, -0.05) is 34.6 Å². The summed E-state index contributed by atoms with van der Waals surface area (Å²) in [5.74, 6) is 1.42. The van der Waals surface area contributed by atoms with Gasteiger partial charge in [0.1, 0.15) is 12.2 Å². The van der Waals surface area contributed by atoms with Crippen LogP contribution in [0.3, 0.4) is 0 Å². The smallest absolute Gasteiger partial charge is 0.407 e. The van der Waals surface area contributed by atoms with Gasteiger partial charge in [0.2, 0.25) is 0 Å². The highest BCUT2D eigenvalue weighted by atomic mass is 16.6. The lowest BCUT2D eigenvalue weighted by Gasteiger charge is -2.63. The molecule has 4 unspecified atom stereocenters. The highest BCUT2D eigenvalue weighted by Gasteiger charge is 2.84. The second kappa shape index (κ2) is 11.0. The van der Waals surface area contributed by atoms with Gasteiger partial charge in [0.25, 0.3) is 0 Å². The van der Waals surface area contributed by atoms with E-state index in [0.29, 0.717) is 24.8 Å². The number of aliphatic hydroxyl groups excluding tert-OH is 2. The van der Waals surface area contributed by atoms with Crippen molar-refractivity contribution in [3.05, 3.63) is 0 Å². The van der Waals surface area contributed by atoms with Crippen molar-refractivity contribution in [3.8, 4) is 0 Å². The molecule has 9 nitrogen and oxygen atoms in total. The Hall–Kier alpha value is -0.970. The van der Waals surface area contributed by atoms with Gasteiger partial charge in [0, 0.05) is 37.0 Å². The molecule has 46 heavy (non-hydrogen) atoms.